The second kappa shape index (κ2) is 13.9. The molecule has 1 aliphatic rings. The first-order valence-corrected chi connectivity index (χ1v) is 14.6. The molecule has 214 valence electrons. The minimum absolute atomic E-state index is 0.0578. The number of benzene rings is 3. The normalized spacial score (nSPS) is 12.5. The lowest BCUT2D eigenvalue weighted by atomic mass is 9.94. The van der Waals surface area contributed by atoms with Crippen LogP contribution in [0, 0.1) is 5.92 Å². The third-order valence-corrected chi connectivity index (χ3v) is 7.49. The summed E-state index contributed by atoms with van der Waals surface area (Å²) in [5.74, 6) is -0.0497. The Hall–Kier alpha value is -4.58. The van der Waals surface area contributed by atoms with Gasteiger partial charge in [-0.25, -0.2) is 0 Å². The molecule has 0 N–H and O–H groups in total. The summed E-state index contributed by atoms with van der Waals surface area (Å²) in [5.41, 5.74) is 6.13. The number of aromatic nitrogens is 1. The molecule has 0 atom stereocenters. The lowest BCUT2D eigenvalue weighted by molar-refractivity contribution is -0.142. The van der Waals surface area contributed by atoms with Gasteiger partial charge in [-0.15, -0.1) is 0 Å². The Morgan fingerprint density at radius 1 is 0.833 bits per heavy atom. The molecule has 1 amide bonds. The summed E-state index contributed by atoms with van der Waals surface area (Å²) in [6, 6.07) is 27.6. The number of Topliss-reactive ketones (excluding diaryl/α,β-unsaturated/α-hetero) is 1. The Bertz CT molecular complexity index is 1530. The number of nitrogens with zero attached hydrogens (tertiary/aromatic N) is 2. The summed E-state index contributed by atoms with van der Waals surface area (Å²) in [6.45, 7) is 2.96. The quantitative estimate of drug-likeness (QED) is 0.136. The number of hydrogen-bond acceptors (Lipinski definition) is 5. The van der Waals surface area contributed by atoms with Crippen LogP contribution in [0.2, 0.25) is 0 Å². The molecule has 1 fully saturated rings. The topological polar surface area (TPSA) is 76.6 Å². The molecule has 1 aliphatic carbocycles. The van der Waals surface area contributed by atoms with Crippen LogP contribution in [0.1, 0.15) is 58.8 Å². The van der Waals surface area contributed by atoms with Crippen LogP contribution in [0.15, 0.2) is 97.3 Å². The highest BCUT2D eigenvalue weighted by molar-refractivity contribution is 5.97. The van der Waals surface area contributed by atoms with Gasteiger partial charge in [0, 0.05) is 48.9 Å². The first kappa shape index (κ1) is 28.9. The van der Waals surface area contributed by atoms with Gasteiger partial charge >= 0.3 is 5.97 Å². The molecule has 0 bridgehead atoms. The molecule has 0 unspecified atom stereocenters. The third-order valence-electron chi connectivity index (χ3n) is 7.49. The summed E-state index contributed by atoms with van der Waals surface area (Å²) in [5, 5.41) is 0. The largest absolute Gasteiger partial charge is 0.466 e. The fraction of sp³-hybridized carbons (Fsp3) is 0.278. The van der Waals surface area contributed by atoms with Crippen LogP contribution in [0.4, 0.5) is 0 Å². The second-order valence-corrected chi connectivity index (χ2v) is 10.8. The zero-order valence-corrected chi connectivity index (χ0v) is 24.0. The number of ketones is 1. The molecule has 4 aromatic rings. The zero-order valence-electron chi connectivity index (χ0n) is 24.0. The molecule has 42 heavy (non-hydrogen) atoms. The molecule has 1 aromatic heterocycles. The third kappa shape index (κ3) is 7.78. The fourth-order valence-corrected chi connectivity index (χ4v) is 5.15. The van der Waals surface area contributed by atoms with Crippen LogP contribution in [-0.4, -0.2) is 34.2 Å². The molecule has 0 radical (unpaired) electrons. The van der Waals surface area contributed by atoms with E-state index in [0.717, 1.165) is 46.2 Å². The van der Waals surface area contributed by atoms with Crippen molar-refractivity contribution >= 4 is 17.7 Å². The highest BCUT2D eigenvalue weighted by atomic mass is 16.5. The van der Waals surface area contributed by atoms with Crippen molar-refractivity contribution in [3.05, 3.63) is 125 Å². The Labute approximate surface area is 247 Å². The van der Waals surface area contributed by atoms with Gasteiger partial charge in [-0.2, -0.15) is 0 Å². The van der Waals surface area contributed by atoms with E-state index in [1.807, 2.05) is 89.8 Å². The Morgan fingerprint density at radius 3 is 2.24 bits per heavy atom. The number of hydrogen-bond donors (Lipinski definition) is 0. The lowest BCUT2D eigenvalue weighted by Gasteiger charge is -2.25. The number of carbonyl (C=O) groups is 3. The van der Waals surface area contributed by atoms with E-state index in [4.69, 9.17) is 4.74 Å². The number of carbonyl (C=O) groups excluding carboxylic acids is 3. The summed E-state index contributed by atoms with van der Waals surface area (Å²) >= 11 is 0. The molecule has 5 rings (SSSR count). The second-order valence-electron chi connectivity index (χ2n) is 10.8. The van der Waals surface area contributed by atoms with Crippen molar-refractivity contribution < 1.29 is 19.1 Å². The van der Waals surface area contributed by atoms with Crippen molar-refractivity contribution in [2.24, 2.45) is 5.92 Å². The van der Waals surface area contributed by atoms with Crippen LogP contribution in [0.3, 0.4) is 0 Å². The number of amides is 1. The predicted molar refractivity (Wildman–Crippen MR) is 163 cm³/mol. The molecular formula is C36H36N2O4. The number of pyridine rings is 1. The van der Waals surface area contributed by atoms with Gasteiger partial charge in [-0.1, -0.05) is 72.8 Å². The summed E-state index contributed by atoms with van der Waals surface area (Å²) in [7, 11) is 0. The van der Waals surface area contributed by atoms with Crippen molar-refractivity contribution in [2.75, 3.05) is 6.61 Å². The van der Waals surface area contributed by atoms with Crippen molar-refractivity contribution in [1.82, 2.24) is 9.88 Å². The molecule has 6 heteroatoms. The number of esters is 1. The van der Waals surface area contributed by atoms with Crippen molar-refractivity contribution in [3.8, 4) is 11.1 Å². The van der Waals surface area contributed by atoms with Crippen molar-refractivity contribution in [1.29, 1.82) is 0 Å². The SMILES string of the molecule is CCOC(=O)Cc1cncc(-c2ccc(C(=O)CCc3ccccc3)cc2CN(Cc2ccccc2)C(=O)C2CC2)c1. The average Bonchev–Trinajstić information content (AvgIpc) is 3.86. The maximum Gasteiger partial charge on any atom is 0.310 e. The Balaban J connectivity index is 1.47. The van der Waals surface area contributed by atoms with Crippen LogP contribution < -0.4 is 0 Å². The van der Waals surface area contributed by atoms with Gasteiger partial charge in [0.25, 0.3) is 0 Å². The minimum Gasteiger partial charge on any atom is -0.466 e. The van der Waals surface area contributed by atoms with Crippen LogP contribution in [-0.2, 0) is 40.3 Å². The molecular weight excluding hydrogens is 524 g/mol. The van der Waals surface area contributed by atoms with Crippen LogP contribution in [0.25, 0.3) is 11.1 Å². The van der Waals surface area contributed by atoms with E-state index in [0.29, 0.717) is 38.1 Å². The Kier molecular flexibility index (Phi) is 9.55. The lowest BCUT2D eigenvalue weighted by Crippen LogP contribution is -2.31. The van der Waals surface area contributed by atoms with E-state index in [-0.39, 0.29) is 30.0 Å². The molecule has 1 saturated carbocycles. The first-order chi connectivity index (χ1) is 20.5. The Morgan fingerprint density at radius 2 is 1.55 bits per heavy atom. The molecule has 3 aromatic carbocycles. The predicted octanol–water partition coefficient (Wildman–Crippen LogP) is 6.61. The van der Waals surface area contributed by atoms with E-state index in [1.165, 1.54) is 0 Å². The molecule has 0 saturated heterocycles. The molecule has 0 spiro atoms. The summed E-state index contributed by atoms with van der Waals surface area (Å²) in [4.78, 5) is 45.3. The van der Waals surface area contributed by atoms with E-state index in [1.54, 1.807) is 19.3 Å². The van der Waals surface area contributed by atoms with Gasteiger partial charge in [0.2, 0.25) is 5.91 Å². The average molecular weight is 561 g/mol. The maximum atomic E-state index is 13.5. The maximum absolute atomic E-state index is 13.5. The standard InChI is InChI=1S/C36H36N2O4/c1-2-42-35(40)20-28-19-31(23-37-22-28)33-17-16-30(34(39)18-13-26-9-5-3-6-10-26)21-32(33)25-38(36(41)29-14-15-29)24-27-11-7-4-8-12-27/h3-12,16-17,19,21-23,29H,2,13-15,18,20,24-25H2,1H3. The van der Waals surface area contributed by atoms with Crippen molar-refractivity contribution in [3.63, 3.8) is 0 Å². The molecule has 1 heterocycles. The van der Waals surface area contributed by atoms with Gasteiger partial charge in [-0.05, 0) is 66.1 Å². The zero-order chi connectivity index (χ0) is 29.3. The van der Waals surface area contributed by atoms with E-state index >= 15 is 0 Å². The molecule has 6 nitrogen and oxygen atoms in total. The van der Waals surface area contributed by atoms with E-state index < -0.39 is 0 Å². The van der Waals surface area contributed by atoms with Gasteiger partial charge in [0.15, 0.2) is 5.78 Å². The fourth-order valence-electron chi connectivity index (χ4n) is 5.15. The monoisotopic (exact) mass is 560 g/mol. The number of aryl methyl sites for hydroxylation is 1. The first-order valence-electron chi connectivity index (χ1n) is 14.6. The van der Waals surface area contributed by atoms with Crippen LogP contribution in [0.5, 0.6) is 0 Å². The summed E-state index contributed by atoms with van der Waals surface area (Å²) in [6.07, 6.45) is 6.43. The number of ether oxygens (including phenoxy) is 1. The summed E-state index contributed by atoms with van der Waals surface area (Å²) < 4.78 is 5.13. The van der Waals surface area contributed by atoms with Crippen LogP contribution >= 0.6 is 0 Å². The molecule has 0 aliphatic heterocycles. The van der Waals surface area contributed by atoms with E-state index in [2.05, 4.69) is 4.98 Å². The highest BCUT2D eigenvalue weighted by Crippen LogP contribution is 2.34. The van der Waals surface area contributed by atoms with E-state index in [9.17, 15) is 14.4 Å². The minimum atomic E-state index is -0.305. The number of rotatable bonds is 13. The smallest absolute Gasteiger partial charge is 0.310 e. The van der Waals surface area contributed by atoms with Gasteiger partial charge in [0.1, 0.15) is 0 Å². The van der Waals surface area contributed by atoms with Gasteiger partial charge in [0.05, 0.1) is 13.0 Å². The highest BCUT2D eigenvalue weighted by Gasteiger charge is 2.33. The van der Waals surface area contributed by atoms with Gasteiger partial charge < -0.3 is 9.64 Å². The van der Waals surface area contributed by atoms with Crippen molar-refractivity contribution in [2.45, 2.75) is 52.1 Å². The van der Waals surface area contributed by atoms with Gasteiger partial charge in [-0.3, -0.25) is 19.4 Å².